The fourth-order valence-electron chi connectivity index (χ4n) is 1.88. The maximum Gasteiger partial charge on any atom is 0.227 e. The van der Waals surface area contributed by atoms with E-state index in [9.17, 15) is 9.59 Å². The summed E-state index contributed by atoms with van der Waals surface area (Å²) in [6.07, 6.45) is 0.640. The van der Waals surface area contributed by atoms with Crippen LogP contribution < -0.4 is 14.8 Å². The Balaban J connectivity index is 1.83. The van der Waals surface area contributed by atoms with Crippen molar-refractivity contribution in [1.29, 1.82) is 0 Å². The van der Waals surface area contributed by atoms with Gasteiger partial charge in [-0.2, -0.15) is 0 Å². The summed E-state index contributed by atoms with van der Waals surface area (Å²) in [4.78, 5) is 22.1. The molecule has 0 bridgehead atoms. The average Bonchev–Trinajstić information content (AvgIpc) is 2.37. The standard InChI is InChI=1S/C14H17NO4/c1-10(16)8-14(17)15-5-4-11-2-3-12-13(9-11)19-7-6-18-12/h2-3,9H,4-8H2,1H3,(H,15,17). The van der Waals surface area contributed by atoms with E-state index in [1.54, 1.807) is 0 Å². The molecule has 1 aliphatic rings. The number of ether oxygens (including phenoxy) is 2. The van der Waals surface area contributed by atoms with Gasteiger partial charge in [-0.15, -0.1) is 0 Å². The summed E-state index contributed by atoms with van der Waals surface area (Å²) in [5.41, 5.74) is 1.06. The number of nitrogens with one attached hydrogen (secondary N) is 1. The van der Waals surface area contributed by atoms with Gasteiger partial charge in [-0.25, -0.2) is 0 Å². The molecule has 1 aromatic carbocycles. The molecule has 0 radical (unpaired) electrons. The van der Waals surface area contributed by atoms with Crippen molar-refractivity contribution in [1.82, 2.24) is 5.32 Å². The normalized spacial score (nSPS) is 12.9. The summed E-state index contributed by atoms with van der Waals surface area (Å²) < 4.78 is 10.9. The van der Waals surface area contributed by atoms with Crippen LogP contribution in [0.3, 0.4) is 0 Å². The summed E-state index contributed by atoms with van der Waals surface area (Å²) in [6.45, 7) is 3.05. The molecule has 0 saturated carbocycles. The van der Waals surface area contributed by atoms with E-state index in [-0.39, 0.29) is 18.1 Å². The molecule has 1 amide bonds. The largest absolute Gasteiger partial charge is 0.486 e. The molecule has 1 N–H and O–H groups in total. The summed E-state index contributed by atoms with van der Waals surface area (Å²) >= 11 is 0. The third kappa shape index (κ3) is 3.98. The van der Waals surface area contributed by atoms with E-state index in [4.69, 9.17) is 9.47 Å². The van der Waals surface area contributed by atoms with Crippen LogP contribution in [0.5, 0.6) is 11.5 Å². The van der Waals surface area contributed by atoms with Crippen LogP contribution in [0.4, 0.5) is 0 Å². The Labute approximate surface area is 111 Å². The molecule has 19 heavy (non-hydrogen) atoms. The van der Waals surface area contributed by atoms with Crippen LogP contribution in [0, 0.1) is 0 Å². The van der Waals surface area contributed by atoms with Gasteiger partial charge in [0.15, 0.2) is 11.5 Å². The number of ketones is 1. The summed E-state index contributed by atoms with van der Waals surface area (Å²) in [6, 6.07) is 5.75. The molecule has 0 unspecified atom stereocenters. The minimum Gasteiger partial charge on any atom is -0.486 e. The van der Waals surface area contributed by atoms with Crippen molar-refractivity contribution in [2.45, 2.75) is 19.8 Å². The summed E-state index contributed by atoms with van der Waals surface area (Å²) in [5, 5.41) is 2.71. The second kappa shape index (κ2) is 6.22. The number of rotatable bonds is 5. The third-order valence-corrected chi connectivity index (χ3v) is 2.75. The van der Waals surface area contributed by atoms with E-state index in [0.717, 1.165) is 17.1 Å². The van der Waals surface area contributed by atoms with E-state index in [2.05, 4.69) is 5.32 Å². The quantitative estimate of drug-likeness (QED) is 0.808. The van der Waals surface area contributed by atoms with Crippen molar-refractivity contribution in [2.24, 2.45) is 0 Å². The van der Waals surface area contributed by atoms with Crippen LogP contribution in [-0.2, 0) is 16.0 Å². The Kier molecular flexibility index (Phi) is 4.39. The number of Topliss-reactive ketones (excluding diaryl/α,β-unsaturated/α-hetero) is 1. The summed E-state index contributed by atoms with van der Waals surface area (Å²) in [7, 11) is 0. The Hall–Kier alpha value is -2.04. The van der Waals surface area contributed by atoms with Crippen molar-refractivity contribution < 1.29 is 19.1 Å². The Morgan fingerprint density at radius 2 is 1.95 bits per heavy atom. The molecular formula is C14H17NO4. The van der Waals surface area contributed by atoms with Gasteiger partial charge in [0, 0.05) is 6.54 Å². The van der Waals surface area contributed by atoms with Crippen LogP contribution in [0.15, 0.2) is 18.2 Å². The number of amides is 1. The van der Waals surface area contributed by atoms with E-state index < -0.39 is 0 Å². The highest BCUT2D eigenvalue weighted by Gasteiger charge is 2.11. The lowest BCUT2D eigenvalue weighted by molar-refractivity contribution is -0.127. The zero-order valence-corrected chi connectivity index (χ0v) is 10.9. The monoisotopic (exact) mass is 263 g/mol. The van der Waals surface area contributed by atoms with Crippen molar-refractivity contribution in [3.8, 4) is 11.5 Å². The second-order valence-corrected chi connectivity index (χ2v) is 4.46. The fraction of sp³-hybridized carbons (Fsp3) is 0.429. The topological polar surface area (TPSA) is 64.6 Å². The van der Waals surface area contributed by atoms with Crippen molar-refractivity contribution in [3.63, 3.8) is 0 Å². The maximum absolute atomic E-state index is 11.3. The van der Waals surface area contributed by atoms with Crippen molar-refractivity contribution in [2.75, 3.05) is 19.8 Å². The molecule has 1 aromatic rings. The molecule has 5 nitrogen and oxygen atoms in total. The van der Waals surface area contributed by atoms with Gasteiger partial charge in [-0.3, -0.25) is 9.59 Å². The molecule has 1 heterocycles. The third-order valence-electron chi connectivity index (χ3n) is 2.75. The van der Waals surface area contributed by atoms with Crippen molar-refractivity contribution in [3.05, 3.63) is 23.8 Å². The molecule has 0 spiro atoms. The molecule has 102 valence electrons. The van der Waals surface area contributed by atoms with Gasteiger partial charge in [0.2, 0.25) is 5.91 Å². The minimum absolute atomic E-state index is 0.0544. The van der Waals surface area contributed by atoms with Gasteiger partial charge >= 0.3 is 0 Å². The molecule has 1 aliphatic heterocycles. The van der Waals surface area contributed by atoms with Gasteiger partial charge in [-0.1, -0.05) is 6.07 Å². The minimum atomic E-state index is -0.231. The average molecular weight is 263 g/mol. The first-order chi connectivity index (χ1) is 9.15. The summed E-state index contributed by atoms with van der Waals surface area (Å²) in [5.74, 6) is 1.15. The SMILES string of the molecule is CC(=O)CC(=O)NCCc1ccc2c(c1)OCCO2. The Bertz CT molecular complexity index is 484. The molecule has 0 atom stereocenters. The van der Waals surface area contributed by atoms with E-state index in [1.807, 2.05) is 18.2 Å². The molecule has 0 aromatic heterocycles. The molecular weight excluding hydrogens is 246 g/mol. The van der Waals surface area contributed by atoms with Gasteiger partial charge in [0.25, 0.3) is 0 Å². The smallest absolute Gasteiger partial charge is 0.227 e. The zero-order valence-electron chi connectivity index (χ0n) is 10.9. The van der Waals surface area contributed by atoms with E-state index in [1.165, 1.54) is 6.92 Å². The molecule has 0 saturated heterocycles. The number of carbonyl (C=O) groups excluding carboxylic acids is 2. The first-order valence-corrected chi connectivity index (χ1v) is 6.30. The van der Waals surface area contributed by atoms with Gasteiger partial charge in [0.1, 0.15) is 19.0 Å². The van der Waals surface area contributed by atoms with Crippen LogP contribution in [0.25, 0.3) is 0 Å². The fourth-order valence-corrected chi connectivity index (χ4v) is 1.88. The predicted molar refractivity (Wildman–Crippen MR) is 69.4 cm³/mol. The van der Waals surface area contributed by atoms with Gasteiger partial charge in [0.05, 0.1) is 6.42 Å². The second-order valence-electron chi connectivity index (χ2n) is 4.46. The van der Waals surface area contributed by atoms with Crippen LogP contribution in [0.1, 0.15) is 18.9 Å². The zero-order chi connectivity index (χ0) is 13.7. The number of benzene rings is 1. The molecule has 0 aliphatic carbocycles. The highest BCUT2D eigenvalue weighted by Crippen LogP contribution is 2.30. The first-order valence-electron chi connectivity index (χ1n) is 6.30. The highest BCUT2D eigenvalue weighted by molar-refractivity contribution is 5.96. The number of hydrogen-bond acceptors (Lipinski definition) is 4. The lowest BCUT2D eigenvalue weighted by Crippen LogP contribution is -2.27. The predicted octanol–water partition coefficient (Wildman–Crippen LogP) is 1.10. The maximum atomic E-state index is 11.3. The molecule has 0 fully saturated rings. The molecule has 5 heteroatoms. The Morgan fingerprint density at radius 1 is 1.21 bits per heavy atom. The van der Waals surface area contributed by atoms with Crippen molar-refractivity contribution >= 4 is 11.7 Å². The number of carbonyl (C=O) groups is 2. The number of fused-ring (bicyclic) bond motifs is 1. The van der Waals surface area contributed by atoms with Gasteiger partial charge < -0.3 is 14.8 Å². The van der Waals surface area contributed by atoms with Crippen LogP contribution >= 0.6 is 0 Å². The lowest BCUT2D eigenvalue weighted by Gasteiger charge is -2.18. The number of hydrogen-bond donors (Lipinski definition) is 1. The molecule has 2 rings (SSSR count). The van der Waals surface area contributed by atoms with Crippen LogP contribution in [0.2, 0.25) is 0 Å². The van der Waals surface area contributed by atoms with Crippen LogP contribution in [-0.4, -0.2) is 31.4 Å². The van der Waals surface area contributed by atoms with E-state index >= 15 is 0 Å². The lowest BCUT2D eigenvalue weighted by atomic mass is 10.1. The first kappa shape index (κ1) is 13.4. The van der Waals surface area contributed by atoms with Gasteiger partial charge in [-0.05, 0) is 31.0 Å². The highest BCUT2D eigenvalue weighted by atomic mass is 16.6. The van der Waals surface area contributed by atoms with E-state index in [0.29, 0.717) is 26.2 Å². The Morgan fingerprint density at radius 3 is 2.68 bits per heavy atom.